The summed E-state index contributed by atoms with van der Waals surface area (Å²) < 4.78 is 5.54. The van der Waals surface area contributed by atoms with Crippen molar-refractivity contribution in [3.05, 3.63) is 47.4 Å². The van der Waals surface area contributed by atoms with E-state index >= 15 is 0 Å². The highest BCUT2D eigenvalue weighted by Crippen LogP contribution is 2.26. The summed E-state index contributed by atoms with van der Waals surface area (Å²) in [4.78, 5) is 0. The highest BCUT2D eigenvalue weighted by molar-refractivity contribution is 5.67. The van der Waals surface area contributed by atoms with Gasteiger partial charge in [0.25, 0.3) is 0 Å². The van der Waals surface area contributed by atoms with Gasteiger partial charge in [-0.3, -0.25) is 0 Å². The SMILES string of the molecule is CCNCc1occc1-c1cc(C)cc(C)c1. The van der Waals surface area contributed by atoms with Gasteiger partial charge in [-0.1, -0.05) is 36.2 Å². The zero-order valence-electron chi connectivity index (χ0n) is 10.7. The molecule has 0 saturated heterocycles. The molecule has 0 amide bonds. The molecular weight excluding hydrogens is 210 g/mol. The fraction of sp³-hybridized carbons (Fsp3) is 0.333. The van der Waals surface area contributed by atoms with Crippen molar-refractivity contribution >= 4 is 0 Å². The largest absolute Gasteiger partial charge is 0.467 e. The van der Waals surface area contributed by atoms with Gasteiger partial charge in [0.1, 0.15) is 5.76 Å². The molecular formula is C15H19NO. The molecule has 2 rings (SSSR count). The molecule has 0 atom stereocenters. The van der Waals surface area contributed by atoms with Crippen molar-refractivity contribution in [3.8, 4) is 11.1 Å². The van der Waals surface area contributed by atoms with E-state index in [-0.39, 0.29) is 0 Å². The van der Waals surface area contributed by atoms with Crippen molar-refractivity contribution in [3.63, 3.8) is 0 Å². The molecule has 1 aromatic carbocycles. The smallest absolute Gasteiger partial charge is 0.125 e. The second kappa shape index (κ2) is 5.19. The van der Waals surface area contributed by atoms with Crippen molar-refractivity contribution in [2.45, 2.75) is 27.3 Å². The molecule has 1 N–H and O–H groups in total. The highest BCUT2D eigenvalue weighted by Gasteiger charge is 2.08. The molecule has 0 saturated carbocycles. The maximum absolute atomic E-state index is 5.54. The number of hydrogen-bond acceptors (Lipinski definition) is 2. The van der Waals surface area contributed by atoms with Crippen LogP contribution in [0.1, 0.15) is 23.8 Å². The minimum Gasteiger partial charge on any atom is -0.467 e. The molecule has 0 radical (unpaired) electrons. The van der Waals surface area contributed by atoms with E-state index in [9.17, 15) is 0 Å². The van der Waals surface area contributed by atoms with E-state index < -0.39 is 0 Å². The van der Waals surface area contributed by atoms with E-state index in [1.54, 1.807) is 6.26 Å². The van der Waals surface area contributed by atoms with Gasteiger partial charge in [0, 0.05) is 5.56 Å². The van der Waals surface area contributed by atoms with Gasteiger partial charge in [-0.15, -0.1) is 0 Å². The third-order valence-corrected chi connectivity index (χ3v) is 2.81. The van der Waals surface area contributed by atoms with Crippen LogP contribution in [-0.2, 0) is 6.54 Å². The molecule has 2 heteroatoms. The van der Waals surface area contributed by atoms with Crippen LogP contribution in [0.5, 0.6) is 0 Å². The first kappa shape index (κ1) is 11.9. The summed E-state index contributed by atoms with van der Waals surface area (Å²) in [6.07, 6.45) is 1.76. The van der Waals surface area contributed by atoms with Crippen LogP contribution in [0.25, 0.3) is 11.1 Å². The molecule has 1 heterocycles. The van der Waals surface area contributed by atoms with Gasteiger partial charge in [0.05, 0.1) is 12.8 Å². The Hall–Kier alpha value is -1.54. The molecule has 0 unspecified atom stereocenters. The van der Waals surface area contributed by atoms with Crippen LogP contribution in [0, 0.1) is 13.8 Å². The lowest BCUT2D eigenvalue weighted by Crippen LogP contribution is -2.11. The average molecular weight is 229 g/mol. The van der Waals surface area contributed by atoms with E-state index in [0.717, 1.165) is 18.8 Å². The molecule has 2 nitrogen and oxygen atoms in total. The summed E-state index contributed by atoms with van der Waals surface area (Å²) in [7, 11) is 0. The summed E-state index contributed by atoms with van der Waals surface area (Å²) in [6.45, 7) is 8.08. The van der Waals surface area contributed by atoms with Crippen molar-refractivity contribution in [1.29, 1.82) is 0 Å². The first-order chi connectivity index (χ1) is 8.20. The maximum atomic E-state index is 5.54. The molecule has 0 aliphatic rings. The van der Waals surface area contributed by atoms with Gasteiger partial charge in [0.2, 0.25) is 0 Å². The second-order valence-electron chi connectivity index (χ2n) is 4.41. The number of nitrogens with one attached hydrogen (secondary N) is 1. The Bertz CT molecular complexity index is 479. The van der Waals surface area contributed by atoms with Gasteiger partial charge >= 0.3 is 0 Å². The first-order valence-electron chi connectivity index (χ1n) is 6.06. The van der Waals surface area contributed by atoms with Crippen LogP contribution in [0.15, 0.2) is 34.9 Å². The Morgan fingerprint density at radius 2 is 1.82 bits per heavy atom. The molecule has 0 fully saturated rings. The molecule has 0 spiro atoms. The van der Waals surface area contributed by atoms with Gasteiger partial charge < -0.3 is 9.73 Å². The van der Waals surface area contributed by atoms with E-state index in [2.05, 4.69) is 44.3 Å². The average Bonchev–Trinajstić information content (AvgIpc) is 2.73. The lowest BCUT2D eigenvalue weighted by atomic mass is 10.0. The van der Waals surface area contributed by atoms with Crippen molar-refractivity contribution in [2.75, 3.05) is 6.54 Å². The number of benzene rings is 1. The zero-order valence-corrected chi connectivity index (χ0v) is 10.7. The van der Waals surface area contributed by atoms with Crippen LogP contribution in [0.2, 0.25) is 0 Å². The van der Waals surface area contributed by atoms with E-state index in [0.29, 0.717) is 0 Å². The normalized spacial score (nSPS) is 10.8. The van der Waals surface area contributed by atoms with Crippen LogP contribution < -0.4 is 5.32 Å². The monoisotopic (exact) mass is 229 g/mol. The maximum Gasteiger partial charge on any atom is 0.125 e. The Morgan fingerprint density at radius 1 is 1.12 bits per heavy atom. The van der Waals surface area contributed by atoms with Crippen LogP contribution in [0.4, 0.5) is 0 Å². The molecule has 0 aliphatic carbocycles. The fourth-order valence-corrected chi connectivity index (χ4v) is 2.10. The highest BCUT2D eigenvalue weighted by atomic mass is 16.3. The number of hydrogen-bond donors (Lipinski definition) is 1. The minimum atomic E-state index is 0.784. The number of furan rings is 1. The third kappa shape index (κ3) is 2.77. The van der Waals surface area contributed by atoms with Gasteiger partial charge in [-0.2, -0.15) is 0 Å². The van der Waals surface area contributed by atoms with Crippen molar-refractivity contribution in [2.24, 2.45) is 0 Å². The minimum absolute atomic E-state index is 0.784. The summed E-state index contributed by atoms with van der Waals surface area (Å²) in [5.41, 5.74) is 5.01. The Balaban J connectivity index is 2.35. The van der Waals surface area contributed by atoms with Crippen LogP contribution in [0.3, 0.4) is 0 Å². The van der Waals surface area contributed by atoms with E-state index in [1.165, 1.54) is 22.3 Å². The number of aryl methyl sites for hydroxylation is 2. The lowest BCUT2D eigenvalue weighted by molar-refractivity contribution is 0.489. The number of rotatable bonds is 4. The standard InChI is InChI=1S/C15H19NO/c1-4-16-10-15-14(5-6-17-15)13-8-11(2)7-12(3)9-13/h5-9,16H,4,10H2,1-3H3. The van der Waals surface area contributed by atoms with Gasteiger partial charge in [-0.05, 0) is 32.0 Å². The van der Waals surface area contributed by atoms with Gasteiger partial charge in [0.15, 0.2) is 0 Å². The summed E-state index contributed by atoms with van der Waals surface area (Å²) in [5, 5.41) is 3.30. The predicted molar refractivity (Wildman–Crippen MR) is 71.0 cm³/mol. The second-order valence-corrected chi connectivity index (χ2v) is 4.41. The Kier molecular flexibility index (Phi) is 3.64. The van der Waals surface area contributed by atoms with Crippen LogP contribution in [-0.4, -0.2) is 6.54 Å². The Morgan fingerprint density at radius 3 is 2.47 bits per heavy atom. The molecule has 1 aromatic heterocycles. The molecule has 0 bridgehead atoms. The molecule has 17 heavy (non-hydrogen) atoms. The molecule has 90 valence electrons. The zero-order chi connectivity index (χ0) is 12.3. The fourth-order valence-electron chi connectivity index (χ4n) is 2.10. The van der Waals surface area contributed by atoms with Gasteiger partial charge in [-0.25, -0.2) is 0 Å². The summed E-state index contributed by atoms with van der Waals surface area (Å²) in [5.74, 6) is 1.01. The summed E-state index contributed by atoms with van der Waals surface area (Å²) in [6, 6.07) is 8.63. The lowest BCUT2D eigenvalue weighted by Gasteiger charge is -2.06. The Labute approximate surface area is 103 Å². The van der Waals surface area contributed by atoms with E-state index in [4.69, 9.17) is 4.42 Å². The van der Waals surface area contributed by atoms with Crippen molar-refractivity contribution < 1.29 is 4.42 Å². The molecule has 2 aromatic rings. The predicted octanol–water partition coefficient (Wildman–Crippen LogP) is 3.67. The van der Waals surface area contributed by atoms with Crippen molar-refractivity contribution in [1.82, 2.24) is 5.32 Å². The molecule has 0 aliphatic heterocycles. The topological polar surface area (TPSA) is 25.2 Å². The summed E-state index contributed by atoms with van der Waals surface area (Å²) >= 11 is 0. The third-order valence-electron chi connectivity index (χ3n) is 2.81. The van der Waals surface area contributed by atoms with Crippen LogP contribution >= 0.6 is 0 Å². The first-order valence-corrected chi connectivity index (χ1v) is 6.06. The van der Waals surface area contributed by atoms with E-state index in [1.807, 2.05) is 6.07 Å². The quantitative estimate of drug-likeness (QED) is 0.865.